The van der Waals surface area contributed by atoms with Gasteiger partial charge in [-0.25, -0.2) is 13.2 Å². The molecule has 2 aliphatic rings. The van der Waals surface area contributed by atoms with Gasteiger partial charge in [-0.2, -0.15) is 0 Å². The summed E-state index contributed by atoms with van der Waals surface area (Å²) in [6.45, 7) is 5.97. The molecule has 42 heavy (non-hydrogen) atoms. The number of carbonyl (C=O) groups is 2. The van der Waals surface area contributed by atoms with Crippen molar-refractivity contribution in [3.8, 4) is 28.4 Å². The van der Waals surface area contributed by atoms with E-state index in [9.17, 15) is 22.8 Å². The average molecular weight is 581 g/mol. The van der Waals surface area contributed by atoms with Crippen molar-refractivity contribution in [1.82, 2.24) is 4.90 Å². The summed E-state index contributed by atoms with van der Waals surface area (Å²) in [5.41, 5.74) is 3.85. The number of anilines is 1. The zero-order valence-corrected chi connectivity index (χ0v) is 24.2. The van der Waals surface area contributed by atoms with Gasteiger partial charge in [-0.15, -0.1) is 0 Å². The fourth-order valence-corrected chi connectivity index (χ4v) is 5.57. The van der Waals surface area contributed by atoms with Crippen molar-refractivity contribution in [3.63, 3.8) is 0 Å². The molecule has 1 amide bonds. The highest BCUT2D eigenvalue weighted by Gasteiger charge is 2.37. The van der Waals surface area contributed by atoms with E-state index in [-0.39, 0.29) is 41.4 Å². The Morgan fingerprint density at radius 1 is 1.02 bits per heavy atom. The zero-order chi connectivity index (χ0) is 30.5. The number of benzene rings is 3. The summed E-state index contributed by atoms with van der Waals surface area (Å²) in [7, 11) is 4.63. The van der Waals surface area contributed by atoms with Crippen molar-refractivity contribution in [2.45, 2.75) is 45.3 Å². The van der Waals surface area contributed by atoms with Crippen LogP contribution < -0.4 is 19.5 Å². The molecule has 220 valence electrons. The fourth-order valence-electron chi connectivity index (χ4n) is 5.57. The molecule has 5 rings (SSSR count). The smallest absolute Gasteiger partial charge is 0.311 e. The molecule has 7 nitrogen and oxygen atoms in total. The van der Waals surface area contributed by atoms with Crippen LogP contribution in [0.3, 0.4) is 0 Å². The molecule has 0 bridgehead atoms. The van der Waals surface area contributed by atoms with E-state index in [2.05, 4.69) is 5.32 Å². The van der Waals surface area contributed by atoms with Crippen LogP contribution in [0.4, 0.5) is 18.9 Å². The van der Waals surface area contributed by atoms with Crippen LogP contribution >= 0.6 is 0 Å². The number of nitrogens with zero attached hydrogens (tertiary/aromatic N) is 1. The highest BCUT2D eigenvalue weighted by molar-refractivity contribution is 5.93. The molecule has 0 spiro atoms. The second kappa shape index (κ2) is 10.7. The van der Waals surface area contributed by atoms with Crippen LogP contribution in [0, 0.1) is 17.5 Å². The molecule has 0 fully saturated rings. The number of esters is 1. The molecular weight excluding hydrogens is 549 g/mol. The maximum absolute atomic E-state index is 14.4. The molecule has 2 heterocycles. The predicted molar refractivity (Wildman–Crippen MR) is 152 cm³/mol. The van der Waals surface area contributed by atoms with Gasteiger partial charge < -0.3 is 24.4 Å². The Kier molecular flexibility index (Phi) is 7.42. The Balaban J connectivity index is 1.67. The first kappa shape index (κ1) is 29.0. The quantitative estimate of drug-likeness (QED) is 0.200. The van der Waals surface area contributed by atoms with Gasteiger partial charge in [0.1, 0.15) is 5.75 Å². The number of methoxy groups -OCH3 is 1. The summed E-state index contributed by atoms with van der Waals surface area (Å²) < 4.78 is 60.6. The molecule has 1 unspecified atom stereocenters. The number of allylic oxidation sites excluding steroid dienone is 1. The van der Waals surface area contributed by atoms with Gasteiger partial charge in [0.25, 0.3) is 0 Å². The summed E-state index contributed by atoms with van der Waals surface area (Å²) in [4.78, 5) is 26.0. The van der Waals surface area contributed by atoms with Crippen LogP contribution in [0.1, 0.15) is 56.4 Å². The van der Waals surface area contributed by atoms with Gasteiger partial charge in [-0.05, 0) is 62.2 Å². The number of fused-ring (bicyclic) bond motifs is 5. The van der Waals surface area contributed by atoms with Crippen LogP contribution in [0.15, 0.2) is 42.5 Å². The lowest BCUT2D eigenvalue weighted by Crippen LogP contribution is -2.32. The maximum atomic E-state index is 14.4. The zero-order valence-electron chi connectivity index (χ0n) is 24.2. The summed E-state index contributed by atoms with van der Waals surface area (Å²) in [5, 5.41) is 3.47. The van der Waals surface area contributed by atoms with E-state index in [0.29, 0.717) is 22.4 Å². The van der Waals surface area contributed by atoms with Gasteiger partial charge in [0.05, 0.1) is 24.6 Å². The van der Waals surface area contributed by atoms with Gasteiger partial charge in [-0.1, -0.05) is 12.1 Å². The van der Waals surface area contributed by atoms with E-state index < -0.39 is 29.5 Å². The Morgan fingerprint density at radius 2 is 1.71 bits per heavy atom. The second-order valence-corrected chi connectivity index (χ2v) is 11.2. The second-order valence-electron chi connectivity index (χ2n) is 11.2. The lowest BCUT2D eigenvalue weighted by atomic mass is 9.80. The number of ether oxygens (including phenoxy) is 3. The lowest BCUT2D eigenvalue weighted by Gasteiger charge is -2.37. The van der Waals surface area contributed by atoms with Crippen molar-refractivity contribution in [1.29, 1.82) is 0 Å². The van der Waals surface area contributed by atoms with Crippen LogP contribution in [-0.2, 0) is 9.59 Å². The third kappa shape index (κ3) is 5.17. The predicted octanol–water partition coefficient (Wildman–Crippen LogP) is 6.64. The summed E-state index contributed by atoms with van der Waals surface area (Å²) in [5.74, 6) is -4.42. The van der Waals surface area contributed by atoms with Gasteiger partial charge in [0.15, 0.2) is 35.1 Å². The van der Waals surface area contributed by atoms with E-state index in [1.165, 1.54) is 18.1 Å². The van der Waals surface area contributed by atoms with Crippen LogP contribution in [0.25, 0.3) is 16.7 Å². The minimum atomic E-state index is -1.56. The topological polar surface area (TPSA) is 77.1 Å². The summed E-state index contributed by atoms with van der Waals surface area (Å²) in [6.07, 6.45) is 0.887. The molecule has 0 saturated carbocycles. The molecule has 1 N–H and O–H groups in total. The standard InChI is InChI=1S/C32H31F3N2O5/c1-16-15-32(2,3)36-21-8-7-18-27-22(9-10-23(31(27)40-6)41-25(39)12-11-24(38)37(4)5)42-30(28(18)26(16)21)17-13-19(33)29(35)20(34)14-17/h7-10,13-15,30,36H,11-12H2,1-6H3. The Labute approximate surface area is 241 Å². The number of nitrogens with one attached hydrogen (secondary N) is 1. The largest absolute Gasteiger partial charge is 0.492 e. The molecule has 3 aromatic rings. The number of halogens is 3. The molecule has 0 saturated heterocycles. The maximum Gasteiger partial charge on any atom is 0.311 e. The number of rotatable bonds is 6. The molecule has 1 atom stereocenters. The molecule has 0 aromatic heterocycles. The Bertz CT molecular complexity index is 1620. The Hall–Kier alpha value is -4.47. The number of hydrogen-bond donors (Lipinski definition) is 1. The number of hydrogen-bond acceptors (Lipinski definition) is 6. The highest BCUT2D eigenvalue weighted by Crippen LogP contribution is 2.55. The van der Waals surface area contributed by atoms with E-state index in [4.69, 9.17) is 14.2 Å². The first-order valence-corrected chi connectivity index (χ1v) is 13.4. The molecule has 10 heteroatoms. The van der Waals surface area contributed by atoms with E-state index in [1.807, 2.05) is 39.0 Å². The normalized spacial score (nSPS) is 16.1. The van der Waals surface area contributed by atoms with E-state index in [0.717, 1.165) is 29.0 Å². The summed E-state index contributed by atoms with van der Waals surface area (Å²) in [6, 6.07) is 8.66. The average Bonchev–Trinajstić information content (AvgIpc) is 2.92. The molecule has 2 aliphatic heterocycles. The van der Waals surface area contributed by atoms with Crippen LogP contribution in [0.2, 0.25) is 0 Å². The lowest BCUT2D eigenvalue weighted by molar-refractivity contribution is -0.138. The SMILES string of the molecule is COc1c(OC(=O)CCC(=O)N(C)C)ccc2c1-c1ccc3c(c1C(c1cc(F)c(F)c(F)c1)O2)C(C)=CC(C)(C)N3. The first-order chi connectivity index (χ1) is 19.8. The molecule has 0 radical (unpaired) electrons. The van der Waals surface area contributed by atoms with Crippen LogP contribution in [-0.4, -0.2) is 43.5 Å². The van der Waals surface area contributed by atoms with E-state index >= 15 is 0 Å². The van der Waals surface area contributed by atoms with Crippen molar-refractivity contribution >= 4 is 23.1 Å². The molecule has 0 aliphatic carbocycles. The minimum absolute atomic E-state index is 0.0153. The molecular formula is C32H31F3N2O5. The third-order valence-electron chi connectivity index (χ3n) is 7.31. The summed E-state index contributed by atoms with van der Waals surface area (Å²) >= 11 is 0. The number of amides is 1. The monoisotopic (exact) mass is 580 g/mol. The van der Waals surface area contributed by atoms with Gasteiger partial charge in [0.2, 0.25) is 5.91 Å². The van der Waals surface area contributed by atoms with Crippen LogP contribution in [0.5, 0.6) is 17.2 Å². The van der Waals surface area contributed by atoms with Gasteiger partial charge >= 0.3 is 5.97 Å². The van der Waals surface area contributed by atoms with Gasteiger partial charge in [-0.3, -0.25) is 9.59 Å². The first-order valence-electron chi connectivity index (χ1n) is 13.4. The van der Waals surface area contributed by atoms with E-state index in [1.54, 1.807) is 20.2 Å². The number of carbonyl (C=O) groups excluding carboxylic acids is 2. The minimum Gasteiger partial charge on any atom is -0.492 e. The fraction of sp³-hybridized carbons (Fsp3) is 0.312. The third-order valence-corrected chi connectivity index (χ3v) is 7.31. The highest BCUT2D eigenvalue weighted by atomic mass is 19.2. The molecule has 3 aromatic carbocycles. The Morgan fingerprint density at radius 3 is 2.36 bits per heavy atom. The van der Waals surface area contributed by atoms with Crippen molar-refractivity contribution in [3.05, 3.63) is 76.6 Å². The van der Waals surface area contributed by atoms with Crippen molar-refractivity contribution in [2.24, 2.45) is 0 Å². The van der Waals surface area contributed by atoms with Crippen molar-refractivity contribution < 1.29 is 37.0 Å². The van der Waals surface area contributed by atoms with Gasteiger partial charge in [0, 0.05) is 42.9 Å². The van der Waals surface area contributed by atoms with Crippen molar-refractivity contribution in [2.75, 3.05) is 26.5 Å².